The summed E-state index contributed by atoms with van der Waals surface area (Å²) in [5.74, 6) is -0.733. The summed E-state index contributed by atoms with van der Waals surface area (Å²) < 4.78 is 10.2. The first-order valence-corrected chi connectivity index (χ1v) is 4.74. The van der Waals surface area contributed by atoms with Gasteiger partial charge in [0.05, 0.1) is 6.10 Å². The number of hydrogen-bond donors (Lipinski definition) is 1. The minimum Gasteiger partial charge on any atom is -0.505 e. The molecular weight excluding hydrogens is 184 g/mol. The Morgan fingerprint density at radius 2 is 2.14 bits per heavy atom. The number of rotatable bonds is 3. The fourth-order valence-corrected chi connectivity index (χ4v) is 1.22. The van der Waals surface area contributed by atoms with E-state index in [-0.39, 0.29) is 17.6 Å². The molecule has 14 heavy (non-hydrogen) atoms. The van der Waals surface area contributed by atoms with E-state index in [0.29, 0.717) is 6.42 Å². The number of aliphatic hydroxyl groups is 1. The number of carbonyl (C=O) groups excluding carboxylic acids is 1. The largest absolute Gasteiger partial charge is 0.505 e. The lowest BCUT2D eigenvalue weighted by atomic mass is 10.0. The van der Waals surface area contributed by atoms with Gasteiger partial charge in [-0.25, -0.2) is 4.79 Å². The van der Waals surface area contributed by atoms with Crippen molar-refractivity contribution in [3.8, 4) is 0 Å². The van der Waals surface area contributed by atoms with Crippen LogP contribution >= 0.6 is 0 Å². The molecule has 1 heterocycles. The minimum absolute atomic E-state index is 0.0515. The quantitative estimate of drug-likeness (QED) is 0.707. The van der Waals surface area contributed by atoms with Crippen LogP contribution in [0, 0.1) is 0 Å². The maximum Gasteiger partial charge on any atom is 0.378 e. The first kappa shape index (κ1) is 10.9. The molecule has 4 heteroatoms. The van der Waals surface area contributed by atoms with E-state index in [0.717, 1.165) is 0 Å². The number of cyclic esters (lactones) is 1. The van der Waals surface area contributed by atoms with E-state index >= 15 is 0 Å². The number of aliphatic hydroxyl groups excluding tert-OH is 1. The van der Waals surface area contributed by atoms with Gasteiger partial charge in [0.1, 0.15) is 0 Å². The van der Waals surface area contributed by atoms with Crippen LogP contribution in [0.4, 0.5) is 0 Å². The van der Waals surface area contributed by atoms with Crippen LogP contribution in [0.3, 0.4) is 0 Å². The van der Waals surface area contributed by atoms with E-state index in [1.165, 1.54) is 0 Å². The van der Waals surface area contributed by atoms with Crippen molar-refractivity contribution < 1.29 is 19.4 Å². The first-order valence-electron chi connectivity index (χ1n) is 4.74. The fraction of sp³-hybridized carbons (Fsp3) is 0.700. The summed E-state index contributed by atoms with van der Waals surface area (Å²) in [4.78, 5) is 11.3. The van der Waals surface area contributed by atoms with E-state index in [2.05, 4.69) is 0 Å². The van der Waals surface area contributed by atoms with E-state index in [1.54, 1.807) is 20.8 Å². The third-order valence-corrected chi connectivity index (χ3v) is 2.25. The van der Waals surface area contributed by atoms with Gasteiger partial charge in [0.25, 0.3) is 0 Å². The Labute approximate surface area is 83.5 Å². The van der Waals surface area contributed by atoms with Gasteiger partial charge in [-0.3, -0.25) is 0 Å². The molecule has 0 radical (unpaired) electrons. The minimum atomic E-state index is -0.915. The summed E-state index contributed by atoms with van der Waals surface area (Å²) >= 11 is 0. The molecule has 1 N–H and O–H groups in total. The van der Waals surface area contributed by atoms with Crippen LogP contribution in [0.15, 0.2) is 11.5 Å². The lowest BCUT2D eigenvalue weighted by molar-refractivity contribution is -0.150. The van der Waals surface area contributed by atoms with E-state index < -0.39 is 11.6 Å². The highest BCUT2D eigenvalue weighted by Gasteiger charge is 2.45. The topological polar surface area (TPSA) is 55.8 Å². The van der Waals surface area contributed by atoms with Gasteiger partial charge in [0, 0.05) is 0 Å². The lowest BCUT2D eigenvalue weighted by Crippen LogP contribution is -2.26. The van der Waals surface area contributed by atoms with E-state index in [4.69, 9.17) is 9.47 Å². The first-order chi connectivity index (χ1) is 6.40. The van der Waals surface area contributed by atoms with Gasteiger partial charge in [-0.05, 0) is 27.2 Å². The smallest absolute Gasteiger partial charge is 0.378 e. The Morgan fingerprint density at radius 3 is 2.50 bits per heavy atom. The van der Waals surface area contributed by atoms with Crippen molar-refractivity contribution in [1.82, 2.24) is 0 Å². The Hall–Kier alpha value is -1.19. The van der Waals surface area contributed by atoms with Crippen molar-refractivity contribution in [2.75, 3.05) is 0 Å². The molecule has 1 aliphatic rings. The molecule has 0 saturated heterocycles. The summed E-state index contributed by atoms with van der Waals surface area (Å²) in [6, 6.07) is 0. The van der Waals surface area contributed by atoms with Crippen LogP contribution in [0.1, 0.15) is 34.1 Å². The second kappa shape index (κ2) is 3.52. The van der Waals surface area contributed by atoms with Gasteiger partial charge in [-0.15, -0.1) is 0 Å². The molecule has 0 saturated carbocycles. The van der Waals surface area contributed by atoms with Crippen LogP contribution in [0.2, 0.25) is 0 Å². The molecule has 0 aromatic heterocycles. The molecule has 0 aromatic carbocycles. The predicted octanol–water partition coefficient (Wildman–Crippen LogP) is 1.91. The Balaban J connectivity index is 2.96. The zero-order valence-electron chi connectivity index (χ0n) is 8.96. The molecule has 1 aliphatic heterocycles. The van der Waals surface area contributed by atoms with Gasteiger partial charge in [0.15, 0.2) is 11.4 Å². The summed E-state index contributed by atoms with van der Waals surface area (Å²) in [6.45, 7) is 7.07. The van der Waals surface area contributed by atoms with Gasteiger partial charge in [-0.2, -0.15) is 0 Å². The number of hydrogen-bond acceptors (Lipinski definition) is 4. The second-order valence-electron chi connectivity index (χ2n) is 3.82. The number of ether oxygens (including phenoxy) is 2. The number of esters is 1. The standard InChI is InChI=1S/C10H16O4/c1-5-10(4)8(11)7(9(12)14-10)13-6(2)3/h6,11H,5H2,1-4H3/t10-/m0/s1. The van der Waals surface area contributed by atoms with Crippen molar-refractivity contribution in [2.24, 2.45) is 0 Å². The normalized spacial score (nSPS) is 27.1. The van der Waals surface area contributed by atoms with Crippen molar-refractivity contribution >= 4 is 5.97 Å². The Morgan fingerprint density at radius 1 is 1.57 bits per heavy atom. The lowest BCUT2D eigenvalue weighted by Gasteiger charge is -2.19. The fourth-order valence-electron chi connectivity index (χ4n) is 1.22. The molecule has 1 atom stereocenters. The monoisotopic (exact) mass is 200 g/mol. The van der Waals surface area contributed by atoms with Gasteiger partial charge in [-0.1, -0.05) is 6.92 Å². The van der Waals surface area contributed by atoms with Gasteiger partial charge >= 0.3 is 5.97 Å². The molecule has 0 amide bonds. The summed E-state index contributed by atoms with van der Waals surface area (Å²) in [6.07, 6.45) is 0.370. The maximum absolute atomic E-state index is 11.3. The molecule has 0 aromatic rings. The van der Waals surface area contributed by atoms with E-state index in [9.17, 15) is 9.90 Å². The van der Waals surface area contributed by atoms with E-state index in [1.807, 2.05) is 6.92 Å². The van der Waals surface area contributed by atoms with Crippen molar-refractivity contribution in [2.45, 2.75) is 45.8 Å². The Bertz CT molecular complexity index is 280. The molecule has 0 spiro atoms. The predicted molar refractivity (Wildman–Crippen MR) is 50.7 cm³/mol. The van der Waals surface area contributed by atoms with Crippen molar-refractivity contribution in [1.29, 1.82) is 0 Å². The highest BCUT2D eigenvalue weighted by molar-refractivity contribution is 5.90. The van der Waals surface area contributed by atoms with Gasteiger partial charge in [0.2, 0.25) is 5.76 Å². The molecule has 0 unspecified atom stereocenters. The third-order valence-electron chi connectivity index (χ3n) is 2.25. The van der Waals surface area contributed by atoms with Crippen LogP contribution in [-0.2, 0) is 14.3 Å². The SMILES string of the molecule is CC[C@]1(C)OC(=O)C(OC(C)C)=C1O. The highest BCUT2D eigenvalue weighted by atomic mass is 16.6. The molecular formula is C10H16O4. The highest BCUT2D eigenvalue weighted by Crippen LogP contribution is 2.34. The summed E-state index contributed by atoms with van der Waals surface area (Å²) in [5, 5.41) is 9.74. The van der Waals surface area contributed by atoms with Crippen LogP contribution in [0.25, 0.3) is 0 Å². The Kier molecular flexibility index (Phi) is 2.73. The molecule has 0 bridgehead atoms. The molecule has 0 aliphatic carbocycles. The van der Waals surface area contributed by atoms with Gasteiger partial charge < -0.3 is 14.6 Å². The average Bonchev–Trinajstić information content (AvgIpc) is 2.30. The summed E-state index contributed by atoms with van der Waals surface area (Å²) in [5.41, 5.74) is -0.915. The zero-order valence-corrected chi connectivity index (χ0v) is 8.96. The number of carbonyl (C=O) groups is 1. The molecule has 1 rings (SSSR count). The molecule has 4 nitrogen and oxygen atoms in total. The van der Waals surface area contributed by atoms with Crippen molar-refractivity contribution in [3.63, 3.8) is 0 Å². The zero-order chi connectivity index (χ0) is 10.9. The van der Waals surface area contributed by atoms with Crippen molar-refractivity contribution in [3.05, 3.63) is 11.5 Å². The third kappa shape index (κ3) is 1.69. The average molecular weight is 200 g/mol. The van der Waals surface area contributed by atoms with Crippen LogP contribution < -0.4 is 0 Å². The summed E-state index contributed by atoms with van der Waals surface area (Å²) in [7, 11) is 0. The van der Waals surface area contributed by atoms with Crippen LogP contribution in [-0.4, -0.2) is 22.8 Å². The maximum atomic E-state index is 11.3. The second-order valence-corrected chi connectivity index (χ2v) is 3.82. The van der Waals surface area contributed by atoms with Crippen LogP contribution in [0.5, 0.6) is 0 Å². The molecule has 80 valence electrons. The molecule has 0 fully saturated rings.